The summed E-state index contributed by atoms with van der Waals surface area (Å²) >= 11 is 4.08. The van der Waals surface area contributed by atoms with Crippen LogP contribution in [-0.4, -0.2) is 36.5 Å². The summed E-state index contributed by atoms with van der Waals surface area (Å²) in [4.78, 5) is 2.40. The third kappa shape index (κ3) is 1.85. The Labute approximate surface area is 62.0 Å². The lowest BCUT2D eigenvalue weighted by Gasteiger charge is -2.38. The van der Waals surface area contributed by atoms with Crippen molar-refractivity contribution < 1.29 is 0 Å². The van der Waals surface area contributed by atoms with E-state index in [0.717, 1.165) is 5.88 Å². The summed E-state index contributed by atoms with van der Waals surface area (Å²) in [5.74, 6) is 0.808. The maximum Gasteiger partial charge on any atom is 0.0390 e. The highest BCUT2D eigenvalue weighted by molar-refractivity contribution is 7.80. The smallest absolute Gasteiger partial charge is 0.0390 e. The molecule has 0 aromatic rings. The van der Waals surface area contributed by atoms with Crippen LogP contribution in [0.4, 0.5) is 0 Å². The lowest BCUT2D eigenvalue weighted by atomic mass is 10.1. The van der Waals surface area contributed by atoms with E-state index < -0.39 is 0 Å². The second kappa shape index (κ2) is 3.44. The topological polar surface area (TPSA) is 15.3 Å². The van der Waals surface area contributed by atoms with E-state index in [1.807, 2.05) is 0 Å². The van der Waals surface area contributed by atoms with Crippen molar-refractivity contribution in [3.8, 4) is 0 Å². The molecule has 9 heavy (non-hydrogen) atoms. The van der Waals surface area contributed by atoms with E-state index in [2.05, 4.69) is 29.8 Å². The molecule has 0 radical (unpaired) electrons. The zero-order valence-corrected chi connectivity index (χ0v) is 6.69. The highest BCUT2D eigenvalue weighted by Crippen LogP contribution is 2.05. The van der Waals surface area contributed by atoms with E-state index in [-0.39, 0.29) is 0 Å². The number of nitrogens with one attached hydrogen (secondary N) is 1. The Morgan fingerprint density at radius 2 is 2.33 bits per heavy atom. The first-order chi connectivity index (χ1) is 4.36. The average molecular weight is 146 g/mol. The summed E-state index contributed by atoms with van der Waals surface area (Å²) in [5.41, 5.74) is 0. The summed E-state index contributed by atoms with van der Waals surface area (Å²) < 4.78 is 0. The third-order valence-electron chi connectivity index (χ3n) is 1.78. The summed E-state index contributed by atoms with van der Waals surface area (Å²) in [6.45, 7) is 5.79. The van der Waals surface area contributed by atoms with E-state index in [1.54, 1.807) is 0 Å². The second-order valence-electron chi connectivity index (χ2n) is 2.41. The molecule has 0 unspecified atom stereocenters. The van der Waals surface area contributed by atoms with Crippen LogP contribution in [0.3, 0.4) is 0 Å². The number of likely N-dealkylation sites (N-methyl/N-ethyl adjacent to an activating group) is 1. The maximum atomic E-state index is 4.08. The van der Waals surface area contributed by atoms with Crippen molar-refractivity contribution in [2.45, 2.75) is 13.0 Å². The SMILES string of the molecule is CCN1CC(NCS)C1. The van der Waals surface area contributed by atoms with Gasteiger partial charge in [-0.1, -0.05) is 6.92 Å². The van der Waals surface area contributed by atoms with Crippen molar-refractivity contribution in [2.75, 3.05) is 25.5 Å². The van der Waals surface area contributed by atoms with E-state index in [4.69, 9.17) is 0 Å². The molecule has 0 aromatic carbocycles. The van der Waals surface area contributed by atoms with Crippen LogP contribution in [0.5, 0.6) is 0 Å². The Bertz CT molecular complexity index is 81.1. The number of nitrogens with zero attached hydrogens (tertiary/aromatic N) is 1. The Morgan fingerprint density at radius 1 is 1.67 bits per heavy atom. The van der Waals surface area contributed by atoms with Gasteiger partial charge in [-0.25, -0.2) is 0 Å². The Morgan fingerprint density at radius 3 is 2.78 bits per heavy atom. The van der Waals surface area contributed by atoms with E-state index in [1.165, 1.54) is 19.6 Å². The van der Waals surface area contributed by atoms with Crippen molar-refractivity contribution in [1.29, 1.82) is 0 Å². The number of hydrogen-bond acceptors (Lipinski definition) is 3. The predicted octanol–water partition coefficient (Wildman–Crippen LogP) is 0.167. The van der Waals surface area contributed by atoms with Crippen molar-refractivity contribution in [3.05, 3.63) is 0 Å². The first kappa shape index (κ1) is 7.38. The Kier molecular flexibility index (Phi) is 2.82. The van der Waals surface area contributed by atoms with Gasteiger partial charge in [0.05, 0.1) is 0 Å². The van der Waals surface area contributed by atoms with Gasteiger partial charge < -0.3 is 10.2 Å². The Balaban J connectivity index is 1.98. The molecule has 1 saturated heterocycles. The van der Waals surface area contributed by atoms with Crippen molar-refractivity contribution >= 4 is 12.6 Å². The monoisotopic (exact) mass is 146 g/mol. The molecule has 1 heterocycles. The number of hydrogen-bond donors (Lipinski definition) is 2. The van der Waals surface area contributed by atoms with Crippen LogP contribution in [0.2, 0.25) is 0 Å². The largest absolute Gasteiger partial charge is 0.303 e. The van der Waals surface area contributed by atoms with Gasteiger partial charge in [-0.3, -0.25) is 0 Å². The molecule has 0 amide bonds. The molecule has 1 aliphatic heterocycles. The average Bonchev–Trinajstić information content (AvgIpc) is 1.77. The van der Waals surface area contributed by atoms with Gasteiger partial charge in [0.1, 0.15) is 0 Å². The molecule has 3 heteroatoms. The van der Waals surface area contributed by atoms with Gasteiger partial charge in [-0.05, 0) is 6.54 Å². The second-order valence-corrected chi connectivity index (χ2v) is 2.73. The zero-order valence-electron chi connectivity index (χ0n) is 5.80. The molecule has 1 aliphatic rings. The van der Waals surface area contributed by atoms with Crippen LogP contribution < -0.4 is 5.32 Å². The molecule has 0 aromatic heterocycles. The third-order valence-corrected chi connectivity index (χ3v) is 1.97. The number of rotatable bonds is 3. The molecule has 2 nitrogen and oxygen atoms in total. The van der Waals surface area contributed by atoms with Gasteiger partial charge in [0.25, 0.3) is 0 Å². The standard InChI is InChI=1S/C6H14N2S/c1-2-8-3-6(4-8)7-5-9/h6-7,9H,2-5H2,1H3. The summed E-state index contributed by atoms with van der Waals surface area (Å²) in [6.07, 6.45) is 0. The highest BCUT2D eigenvalue weighted by Gasteiger charge is 2.23. The van der Waals surface area contributed by atoms with Gasteiger partial charge in [0, 0.05) is 25.0 Å². The van der Waals surface area contributed by atoms with Crippen LogP contribution in [0.25, 0.3) is 0 Å². The van der Waals surface area contributed by atoms with Crippen molar-refractivity contribution in [2.24, 2.45) is 0 Å². The van der Waals surface area contributed by atoms with Gasteiger partial charge >= 0.3 is 0 Å². The molecule has 1 N–H and O–H groups in total. The number of likely N-dealkylation sites (tertiary alicyclic amines) is 1. The van der Waals surface area contributed by atoms with Crippen molar-refractivity contribution in [3.63, 3.8) is 0 Å². The van der Waals surface area contributed by atoms with E-state index >= 15 is 0 Å². The van der Waals surface area contributed by atoms with Crippen LogP contribution in [0, 0.1) is 0 Å². The first-order valence-electron chi connectivity index (χ1n) is 3.43. The minimum Gasteiger partial charge on any atom is -0.303 e. The van der Waals surface area contributed by atoms with Gasteiger partial charge in [0.15, 0.2) is 0 Å². The molecule has 1 rings (SSSR count). The molecule has 0 saturated carbocycles. The fourth-order valence-electron chi connectivity index (χ4n) is 1.09. The predicted molar refractivity (Wildman–Crippen MR) is 42.9 cm³/mol. The molecule has 0 atom stereocenters. The molecular weight excluding hydrogens is 132 g/mol. The Hall–Kier alpha value is 0.270. The summed E-state index contributed by atoms with van der Waals surface area (Å²) in [7, 11) is 0. The molecule has 1 fully saturated rings. The van der Waals surface area contributed by atoms with Gasteiger partial charge in [-0.15, -0.1) is 0 Å². The lowest BCUT2D eigenvalue weighted by Crippen LogP contribution is -2.57. The fourth-order valence-corrected chi connectivity index (χ4v) is 1.34. The zero-order chi connectivity index (χ0) is 6.69. The van der Waals surface area contributed by atoms with Crippen molar-refractivity contribution in [1.82, 2.24) is 10.2 Å². The summed E-state index contributed by atoms with van der Waals surface area (Å²) in [6, 6.07) is 0.711. The van der Waals surface area contributed by atoms with Crippen LogP contribution in [0.1, 0.15) is 6.92 Å². The minimum absolute atomic E-state index is 0.711. The van der Waals surface area contributed by atoms with Crippen LogP contribution in [-0.2, 0) is 0 Å². The van der Waals surface area contributed by atoms with E-state index in [0.29, 0.717) is 6.04 Å². The van der Waals surface area contributed by atoms with E-state index in [9.17, 15) is 0 Å². The molecule has 0 aliphatic carbocycles. The normalized spacial score (nSPS) is 22.0. The van der Waals surface area contributed by atoms with Crippen LogP contribution in [0.15, 0.2) is 0 Å². The van der Waals surface area contributed by atoms with Crippen LogP contribution >= 0.6 is 12.6 Å². The molecule has 0 bridgehead atoms. The molecule has 0 spiro atoms. The highest BCUT2D eigenvalue weighted by atomic mass is 32.1. The molecular formula is C6H14N2S. The van der Waals surface area contributed by atoms with Gasteiger partial charge in [-0.2, -0.15) is 12.6 Å². The fraction of sp³-hybridized carbons (Fsp3) is 1.00. The maximum absolute atomic E-state index is 4.08. The first-order valence-corrected chi connectivity index (χ1v) is 4.06. The number of thiol groups is 1. The summed E-state index contributed by atoms with van der Waals surface area (Å²) in [5, 5.41) is 3.27. The van der Waals surface area contributed by atoms with Gasteiger partial charge in [0.2, 0.25) is 0 Å². The lowest BCUT2D eigenvalue weighted by molar-refractivity contribution is 0.139. The minimum atomic E-state index is 0.711. The quantitative estimate of drug-likeness (QED) is 0.436. The molecule has 54 valence electrons.